The standard InChI is InChI=1S/C14H17N3O4/c1-9(10-4-6-20-7-5-10)15-14-16-12-8-11(17(18)19)2-3-13(12)21-14/h2-3,8-10H,4-7H2,1H3,(H,15,16). The average molecular weight is 291 g/mol. The molecule has 112 valence electrons. The highest BCUT2D eigenvalue weighted by Crippen LogP contribution is 2.26. The molecule has 2 aromatic rings. The lowest BCUT2D eigenvalue weighted by molar-refractivity contribution is -0.384. The highest BCUT2D eigenvalue weighted by atomic mass is 16.6. The first-order chi connectivity index (χ1) is 10.1. The minimum absolute atomic E-state index is 0.0137. The Bertz CT molecular complexity index is 649. The Labute approximate surface area is 121 Å². The van der Waals surface area contributed by atoms with Crippen molar-refractivity contribution in [3.05, 3.63) is 28.3 Å². The molecule has 1 aromatic carbocycles. The van der Waals surface area contributed by atoms with Gasteiger partial charge < -0.3 is 14.5 Å². The van der Waals surface area contributed by atoms with Crippen molar-refractivity contribution in [3.63, 3.8) is 0 Å². The van der Waals surface area contributed by atoms with Crippen LogP contribution in [0, 0.1) is 16.0 Å². The third kappa shape index (κ3) is 2.97. The van der Waals surface area contributed by atoms with Gasteiger partial charge in [0.2, 0.25) is 0 Å². The summed E-state index contributed by atoms with van der Waals surface area (Å²) in [5.74, 6) is 0.517. The summed E-state index contributed by atoms with van der Waals surface area (Å²) in [6.45, 7) is 3.67. The zero-order valence-electron chi connectivity index (χ0n) is 11.7. The molecule has 1 aliphatic heterocycles. The number of hydrogen-bond acceptors (Lipinski definition) is 6. The van der Waals surface area contributed by atoms with Gasteiger partial charge >= 0.3 is 0 Å². The van der Waals surface area contributed by atoms with E-state index in [4.69, 9.17) is 9.15 Å². The van der Waals surface area contributed by atoms with E-state index in [0.29, 0.717) is 23.0 Å². The number of nitrogens with zero attached hydrogens (tertiary/aromatic N) is 2. The molecule has 0 bridgehead atoms. The Balaban J connectivity index is 1.76. The molecular weight excluding hydrogens is 274 g/mol. The summed E-state index contributed by atoms with van der Waals surface area (Å²) in [5, 5.41) is 14.0. The second-order valence-electron chi connectivity index (χ2n) is 5.31. The van der Waals surface area contributed by atoms with Crippen LogP contribution in [0.3, 0.4) is 0 Å². The van der Waals surface area contributed by atoms with E-state index < -0.39 is 4.92 Å². The summed E-state index contributed by atoms with van der Waals surface area (Å²) in [4.78, 5) is 14.6. The number of fused-ring (bicyclic) bond motifs is 1. The number of hydrogen-bond donors (Lipinski definition) is 1. The molecule has 7 heteroatoms. The maximum absolute atomic E-state index is 10.8. The quantitative estimate of drug-likeness (QED) is 0.688. The summed E-state index contributed by atoms with van der Waals surface area (Å²) in [5.41, 5.74) is 1.05. The molecule has 0 radical (unpaired) electrons. The predicted molar refractivity (Wildman–Crippen MR) is 77.3 cm³/mol. The molecule has 0 aliphatic carbocycles. The number of nitro benzene ring substituents is 1. The Morgan fingerprint density at radius 3 is 2.90 bits per heavy atom. The lowest BCUT2D eigenvalue weighted by Crippen LogP contribution is -2.31. The van der Waals surface area contributed by atoms with Crippen molar-refractivity contribution in [2.24, 2.45) is 5.92 Å². The third-order valence-electron chi connectivity index (χ3n) is 3.91. The van der Waals surface area contributed by atoms with Gasteiger partial charge in [-0.15, -0.1) is 0 Å². The molecule has 1 aromatic heterocycles. The Kier molecular flexibility index (Phi) is 3.74. The Morgan fingerprint density at radius 1 is 1.43 bits per heavy atom. The zero-order chi connectivity index (χ0) is 14.8. The average Bonchev–Trinajstić information content (AvgIpc) is 2.89. The molecule has 1 N–H and O–H groups in total. The van der Waals surface area contributed by atoms with Crippen molar-refractivity contribution < 1.29 is 14.1 Å². The lowest BCUT2D eigenvalue weighted by atomic mass is 9.93. The van der Waals surface area contributed by atoms with Gasteiger partial charge in [0.05, 0.1) is 4.92 Å². The number of nitro groups is 1. The first kappa shape index (κ1) is 13.8. The highest BCUT2D eigenvalue weighted by molar-refractivity contribution is 5.77. The molecule has 1 saturated heterocycles. The van der Waals surface area contributed by atoms with Crippen LogP contribution in [0.25, 0.3) is 11.1 Å². The number of benzene rings is 1. The Hall–Kier alpha value is -2.15. The van der Waals surface area contributed by atoms with Crippen LogP contribution < -0.4 is 5.32 Å². The second kappa shape index (κ2) is 5.69. The van der Waals surface area contributed by atoms with Crippen LogP contribution in [-0.4, -0.2) is 29.2 Å². The molecule has 3 rings (SSSR count). The van der Waals surface area contributed by atoms with Crippen molar-refractivity contribution >= 4 is 22.8 Å². The van der Waals surface area contributed by atoms with Crippen LogP contribution in [0.4, 0.5) is 11.7 Å². The summed E-state index contributed by atoms with van der Waals surface area (Å²) < 4.78 is 10.9. The number of anilines is 1. The van der Waals surface area contributed by atoms with Gasteiger partial charge in [-0.05, 0) is 31.7 Å². The van der Waals surface area contributed by atoms with E-state index in [1.165, 1.54) is 12.1 Å². The first-order valence-corrected chi connectivity index (χ1v) is 7.03. The summed E-state index contributed by atoms with van der Waals surface area (Å²) in [6.07, 6.45) is 2.03. The van der Waals surface area contributed by atoms with E-state index in [0.717, 1.165) is 26.1 Å². The van der Waals surface area contributed by atoms with E-state index >= 15 is 0 Å². The molecule has 1 fully saturated rings. The van der Waals surface area contributed by atoms with Crippen LogP contribution in [0.2, 0.25) is 0 Å². The van der Waals surface area contributed by atoms with Crippen LogP contribution in [0.5, 0.6) is 0 Å². The molecule has 21 heavy (non-hydrogen) atoms. The molecule has 0 saturated carbocycles. The van der Waals surface area contributed by atoms with E-state index in [1.54, 1.807) is 6.07 Å². The number of rotatable bonds is 4. The number of oxazole rings is 1. The fourth-order valence-corrected chi connectivity index (χ4v) is 2.62. The van der Waals surface area contributed by atoms with E-state index in [1.807, 2.05) is 0 Å². The number of aromatic nitrogens is 1. The van der Waals surface area contributed by atoms with Crippen molar-refractivity contribution in [2.75, 3.05) is 18.5 Å². The maximum atomic E-state index is 10.8. The first-order valence-electron chi connectivity index (χ1n) is 7.03. The zero-order valence-corrected chi connectivity index (χ0v) is 11.7. The largest absolute Gasteiger partial charge is 0.424 e. The third-order valence-corrected chi connectivity index (χ3v) is 3.91. The molecule has 1 atom stereocenters. The van der Waals surface area contributed by atoms with Gasteiger partial charge in [0, 0.05) is 31.4 Å². The summed E-state index contributed by atoms with van der Waals surface area (Å²) in [6, 6.07) is 5.04. The van der Waals surface area contributed by atoms with Crippen molar-refractivity contribution in [3.8, 4) is 0 Å². The van der Waals surface area contributed by atoms with Crippen LogP contribution in [-0.2, 0) is 4.74 Å². The number of nitrogens with one attached hydrogen (secondary N) is 1. The smallest absolute Gasteiger partial charge is 0.295 e. The van der Waals surface area contributed by atoms with Crippen LogP contribution in [0.15, 0.2) is 22.6 Å². The summed E-state index contributed by atoms with van der Waals surface area (Å²) >= 11 is 0. The highest BCUT2D eigenvalue weighted by Gasteiger charge is 2.22. The maximum Gasteiger partial charge on any atom is 0.295 e. The van der Waals surface area contributed by atoms with Crippen molar-refractivity contribution in [1.82, 2.24) is 4.98 Å². The lowest BCUT2D eigenvalue weighted by Gasteiger charge is -2.27. The van der Waals surface area contributed by atoms with Gasteiger partial charge in [-0.2, -0.15) is 4.98 Å². The Morgan fingerprint density at radius 2 is 2.19 bits per heavy atom. The topological polar surface area (TPSA) is 90.4 Å². The molecular formula is C14H17N3O4. The van der Waals surface area contributed by atoms with Gasteiger partial charge in [0.25, 0.3) is 11.7 Å². The fourth-order valence-electron chi connectivity index (χ4n) is 2.62. The SMILES string of the molecule is CC(Nc1nc2cc([N+](=O)[O-])ccc2o1)C1CCOCC1. The van der Waals surface area contributed by atoms with Gasteiger partial charge in [0.15, 0.2) is 5.58 Å². The molecule has 1 aliphatic rings. The fraction of sp³-hybridized carbons (Fsp3) is 0.500. The van der Waals surface area contributed by atoms with Crippen molar-refractivity contribution in [1.29, 1.82) is 0 Å². The van der Waals surface area contributed by atoms with Crippen LogP contribution >= 0.6 is 0 Å². The predicted octanol–water partition coefficient (Wildman–Crippen LogP) is 2.96. The minimum Gasteiger partial charge on any atom is -0.424 e. The van der Waals surface area contributed by atoms with Gasteiger partial charge in [0.1, 0.15) is 5.52 Å². The van der Waals surface area contributed by atoms with Gasteiger partial charge in [-0.25, -0.2) is 0 Å². The monoisotopic (exact) mass is 291 g/mol. The van der Waals surface area contributed by atoms with E-state index in [2.05, 4.69) is 17.2 Å². The number of ether oxygens (including phenoxy) is 1. The molecule has 1 unspecified atom stereocenters. The molecule has 7 nitrogen and oxygen atoms in total. The number of non-ortho nitro benzene ring substituents is 1. The summed E-state index contributed by atoms with van der Waals surface area (Å²) in [7, 11) is 0. The van der Waals surface area contributed by atoms with Crippen molar-refractivity contribution in [2.45, 2.75) is 25.8 Å². The van der Waals surface area contributed by atoms with Gasteiger partial charge in [-0.3, -0.25) is 10.1 Å². The van der Waals surface area contributed by atoms with E-state index in [9.17, 15) is 10.1 Å². The van der Waals surface area contributed by atoms with Crippen LogP contribution in [0.1, 0.15) is 19.8 Å². The molecule has 0 spiro atoms. The minimum atomic E-state index is -0.439. The molecule has 2 heterocycles. The molecule has 0 amide bonds. The second-order valence-corrected chi connectivity index (χ2v) is 5.31. The normalized spacial score (nSPS) is 17.8. The van der Waals surface area contributed by atoms with E-state index in [-0.39, 0.29) is 11.7 Å². The van der Waals surface area contributed by atoms with Gasteiger partial charge in [-0.1, -0.05) is 0 Å².